The van der Waals surface area contributed by atoms with Crippen molar-refractivity contribution in [2.45, 2.75) is 62.7 Å². The molecule has 6 fully saturated rings. The quantitative estimate of drug-likeness (QED) is 0.912. The van der Waals surface area contributed by atoms with Gasteiger partial charge in [0, 0.05) is 17.9 Å². The van der Waals surface area contributed by atoms with Gasteiger partial charge in [-0.15, -0.1) is 0 Å². The highest BCUT2D eigenvalue weighted by Gasteiger charge is 2.60. The number of aromatic nitrogens is 2. The van der Waals surface area contributed by atoms with Gasteiger partial charge in [-0.2, -0.15) is 4.98 Å². The maximum absolute atomic E-state index is 5.78. The standard InChI is InChI=1S/C18H25N3O/c1-2-19-10-17(1)9-14(17)15-20-16(21-22-15)18-6-11-3-12(7-18)5-13(4-11)8-18/h11-14,19H,1-10H2. The number of nitrogens with one attached hydrogen (secondary N) is 1. The smallest absolute Gasteiger partial charge is 0.230 e. The van der Waals surface area contributed by atoms with Crippen LogP contribution in [0.3, 0.4) is 0 Å². The van der Waals surface area contributed by atoms with E-state index in [9.17, 15) is 0 Å². The van der Waals surface area contributed by atoms with Crippen LogP contribution in [0, 0.1) is 23.2 Å². The van der Waals surface area contributed by atoms with Gasteiger partial charge in [-0.05, 0) is 81.1 Å². The molecule has 7 rings (SSSR count). The van der Waals surface area contributed by atoms with E-state index in [4.69, 9.17) is 9.51 Å². The zero-order chi connectivity index (χ0) is 14.4. The lowest BCUT2D eigenvalue weighted by molar-refractivity contribution is -0.0103. The molecule has 118 valence electrons. The van der Waals surface area contributed by atoms with Crippen LogP contribution in [0.25, 0.3) is 0 Å². The van der Waals surface area contributed by atoms with Gasteiger partial charge in [-0.1, -0.05) is 5.16 Å². The van der Waals surface area contributed by atoms with Crippen LogP contribution in [0.2, 0.25) is 0 Å². The third-order valence-corrected chi connectivity index (χ3v) is 7.72. The fourth-order valence-electron chi connectivity index (χ4n) is 6.91. The fourth-order valence-corrected chi connectivity index (χ4v) is 6.91. The van der Waals surface area contributed by atoms with Crippen molar-refractivity contribution in [3.8, 4) is 0 Å². The van der Waals surface area contributed by atoms with Gasteiger partial charge in [0.1, 0.15) is 0 Å². The zero-order valence-electron chi connectivity index (χ0n) is 13.2. The van der Waals surface area contributed by atoms with Crippen molar-refractivity contribution < 1.29 is 4.52 Å². The van der Waals surface area contributed by atoms with Gasteiger partial charge in [-0.25, -0.2) is 0 Å². The molecule has 0 amide bonds. The predicted molar refractivity (Wildman–Crippen MR) is 81.4 cm³/mol. The molecule has 2 heterocycles. The minimum absolute atomic E-state index is 0.284. The molecular weight excluding hydrogens is 274 g/mol. The molecular formula is C18H25N3O. The SMILES string of the molecule is C1CC2(CN1)CC2c1nc(C23CC4CC(CC(C4)C2)C3)no1. The predicted octanol–water partition coefficient (Wildman–Crippen LogP) is 3.00. The first kappa shape index (κ1) is 12.5. The third-order valence-electron chi connectivity index (χ3n) is 7.72. The summed E-state index contributed by atoms with van der Waals surface area (Å²) in [6.07, 6.45) is 10.9. The molecule has 1 N–H and O–H groups in total. The molecule has 4 nitrogen and oxygen atoms in total. The van der Waals surface area contributed by atoms with E-state index in [0.29, 0.717) is 11.3 Å². The van der Waals surface area contributed by atoms with Crippen LogP contribution in [0.4, 0.5) is 0 Å². The van der Waals surface area contributed by atoms with E-state index in [2.05, 4.69) is 10.5 Å². The highest BCUT2D eigenvalue weighted by atomic mass is 16.5. The van der Waals surface area contributed by atoms with Crippen molar-refractivity contribution in [3.05, 3.63) is 11.7 Å². The molecule has 1 aliphatic heterocycles. The molecule has 6 aliphatic rings. The Labute approximate surface area is 131 Å². The largest absolute Gasteiger partial charge is 0.339 e. The van der Waals surface area contributed by atoms with Gasteiger partial charge in [0.2, 0.25) is 5.89 Å². The summed E-state index contributed by atoms with van der Waals surface area (Å²) < 4.78 is 5.78. The Kier molecular flexibility index (Phi) is 2.25. The molecule has 1 aromatic heterocycles. The molecule has 1 spiro atoms. The first-order chi connectivity index (χ1) is 10.7. The Bertz CT molecular complexity index is 580. The summed E-state index contributed by atoms with van der Waals surface area (Å²) in [7, 11) is 0. The second kappa shape index (κ2) is 3.95. The van der Waals surface area contributed by atoms with E-state index < -0.39 is 0 Å². The first-order valence-corrected chi connectivity index (χ1v) is 9.30. The molecule has 0 radical (unpaired) electrons. The van der Waals surface area contributed by atoms with Crippen LogP contribution in [-0.2, 0) is 5.41 Å². The molecule has 4 bridgehead atoms. The van der Waals surface area contributed by atoms with Crippen molar-refractivity contribution in [2.75, 3.05) is 13.1 Å². The lowest BCUT2D eigenvalue weighted by Gasteiger charge is -2.55. The summed E-state index contributed by atoms with van der Waals surface area (Å²) in [5.41, 5.74) is 0.748. The molecule has 4 heteroatoms. The number of hydrogen-bond acceptors (Lipinski definition) is 4. The van der Waals surface area contributed by atoms with Gasteiger partial charge in [0.05, 0.1) is 0 Å². The van der Waals surface area contributed by atoms with Gasteiger partial charge in [0.15, 0.2) is 5.82 Å². The first-order valence-electron chi connectivity index (χ1n) is 9.30. The number of rotatable bonds is 2. The third kappa shape index (κ3) is 1.57. The van der Waals surface area contributed by atoms with Crippen molar-refractivity contribution >= 4 is 0 Å². The van der Waals surface area contributed by atoms with E-state index in [0.717, 1.165) is 42.6 Å². The Hall–Kier alpha value is -0.900. The Morgan fingerprint density at radius 2 is 1.73 bits per heavy atom. The van der Waals surface area contributed by atoms with Crippen LogP contribution in [-0.4, -0.2) is 23.2 Å². The van der Waals surface area contributed by atoms with Crippen molar-refractivity contribution in [2.24, 2.45) is 23.2 Å². The average molecular weight is 299 g/mol. The fraction of sp³-hybridized carbons (Fsp3) is 0.889. The normalized spacial score (nSPS) is 51.8. The summed E-state index contributed by atoms with van der Waals surface area (Å²) >= 11 is 0. The molecule has 1 aromatic rings. The molecule has 2 atom stereocenters. The van der Waals surface area contributed by atoms with Gasteiger partial charge in [0.25, 0.3) is 0 Å². The summed E-state index contributed by atoms with van der Waals surface area (Å²) in [5.74, 6) is 5.40. The van der Waals surface area contributed by atoms with Crippen LogP contribution in [0.1, 0.15) is 69.0 Å². The highest BCUT2D eigenvalue weighted by molar-refractivity contribution is 5.22. The molecule has 0 aromatic carbocycles. The van der Waals surface area contributed by atoms with Crippen LogP contribution >= 0.6 is 0 Å². The molecule has 5 saturated carbocycles. The van der Waals surface area contributed by atoms with E-state index >= 15 is 0 Å². The number of hydrogen-bond donors (Lipinski definition) is 1. The van der Waals surface area contributed by atoms with E-state index in [1.165, 1.54) is 51.4 Å². The second-order valence-corrected chi connectivity index (χ2v) is 9.20. The lowest BCUT2D eigenvalue weighted by Crippen LogP contribution is -2.49. The minimum Gasteiger partial charge on any atom is -0.339 e. The van der Waals surface area contributed by atoms with Crippen LogP contribution in [0.15, 0.2) is 4.52 Å². The summed E-state index contributed by atoms with van der Waals surface area (Å²) in [6.45, 7) is 2.30. The van der Waals surface area contributed by atoms with E-state index in [-0.39, 0.29) is 5.41 Å². The average Bonchev–Trinajstić information content (AvgIpc) is 2.88. The number of nitrogens with zero attached hydrogens (tertiary/aromatic N) is 2. The molecule has 2 unspecified atom stereocenters. The Balaban J connectivity index is 1.31. The molecule has 5 aliphatic carbocycles. The second-order valence-electron chi connectivity index (χ2n) is 9.20. The molecule has 1 saturated heterocycles. The Morgan fingerprint density at radius 3 is 2.36 bits per heavy atom. The summed E-state index contributed by atoms with van der Waals surface area (Å²) in [6, 6.07) is 0. The van der Waals surface area contributed by atoms with E-state index in [1.807, 2.05) is 0 Å². The highest BCUT2D eigenvalue weighted by Crippen LogP contribution is 2.63. The minimum atomic E-state index is 0.284. The lowest BCUT2D eigenvalue weighted by atomic mass is 9.49. The summed E-state index contributed by atoms with van der Waals surface area (Å²) in [5, 5.41) is 8.02. The maximum Gasteiger partial charge on any atom is 0.230 e. The van der Waals surface area contributed by atoms with Gasteiger partial charge in [-0.3, -0.25) is 0 Å². The van der Waals surface area contributed by atoms with Crippen molar-refractivity contribution in [1.29, 1.82) is 0 Å². The van der Waals surface area contributed by atoms with Gasteiger partial charge < -0.3 is 9.84 Å². The molecule has 22 heavy (non-hydrogen) atoms. The van der Waals surface area contributed by atoms with Crippen molar-refractivity contribution in [1.82, 2.24) is 15.5 Å². The van der Waals surface area contributed by atoms with Gasteiger partial charge >= 0.3 is 0 Å². The van der Waals surface area contributed by atoms with Crippen LogP contribution in [0.5, 0.6) is 0 Å². The van der Waals surface area contributed by atoms with Crippen LogP contribution < -0.4 is 5.32 Å². The summed E-state index contributed by atoms with van der Waals surface area (Å²) in [4.78, 5) is 4.98. The monoisotopic (exact) mass is 299 g/mol. The zero-order valence-corrected chi connectivity index (χ0v) is 13.2. The maximum atomic E-state index is 5.78. The van der Waals surface area contributed by atoms with E-state index in [1.54, 1.807) is 0 Å². The topological polar surface area (TPSA) is 51.0 Å². The Morgan fingerprint density at radius 1 is 1.00 bits per heavy atom. The van der Waals surface area contributed by atoms with Crippen molar-refractivity contribution in [3.63, 3.8) is 0 Å².